The van der Waals surface area contributed by atoms with Crippen LogP contribution in [0.5, 0.6) is 5.75 Å². The van der Waals surface area contributed by atoms with E-state index in [9.17, 15) is 4.79 Å². The number of ether oxygens (including phenoxy) is 1. The highest BCUT2D eigenvalue weighted by Crippen LogP contribution is 2.13. The quantitative estimate of drug-likeness (QED) is 0.726. The fourth-order valence-corrected chi connectivity index (χ4v) is 2.16. The van der Waals surface area contributed by atoms with Gasteiger partial charge in [-0.15, -0.1) is 0 Å². The van der Waals surface area contributed by atoms with Crippen LogP contribution in [0.1, 0.15) is 16.7 Å². The molecule has 0 heterocycles. The van der Waals surface area contributed by atoms with Crippen molar-refractivity contribution in [3.8, 4) is 11.8 Å². The van der Waals surface area contributed by atoms with Crippen molar-refractivity contribution in [1.29, 1.82) is 5.26 Å². The van der Waals surface area contributed by atoms with Crippen LogP contribution in [-0.2, 0) is 17.8 Å². The molecule has 0 atom stereocenters. The number of hydrogen-bond donors (Lipinski definition) is 2. The lowest BCUT2D eigenvalue weighted by Gasteiger charge is -2.04. The molecule has 0 bridgehead atoms. The molecule has 5 nitrogen and oxygen atoms in total. The van der Waals surface area contributed by atoms with Gasteiger partial charge in [0.25, 0.3) is 0 Å². The molecule has 2 aromatic rings. The molecule has 0 aromatic heterocycles. The van der Waals surface area contributed by atoms with Gasteiger partial charge in [0, 0.05) is 12.6 Å². The van der Waals surface area contributed by atoms with E-state index in [2.05, 4.69) is 5.32 Å². The molecular weight excluding hydrogens is 316 g/mol. The Labute approximate surface area is 147 Å². The van der Waals surface area contributed by atoms with Gasteiger partial charge in [0.2, 0.25) is 5.91 Å². The monoisotopic (exact) mass is 336 g/mol. The van der Waals surface area contributed by atoms with E-state index in [0.29, 0.717) is 12.3 Å². The van der Waals surface area contributed by atoms with Crippen LogP contribution in [0.2, 0.25) is 0 Å². The number of aliphatic hydroxyl groups excluding tert-OH is 1. The number of nitrogens with zero attached hydrogens (tertiary/aromatic N) is 1. The van der Waals surface area contributed by atoms with Crippen molar-refractivity contribution in [3.05, 3.63) is 71.3 Å². The van der Waals surface area contributed by atoms with Crippen LogP contribution in [0.3, 0.4) is 0 Å². The molecule has 0 unspecified atom stereocenters. The Bertz CT molecular complexity index is 744. The van der Waals surface area contributed by atoms with E-state index >= 15 is 0 Å². The highest BCUT2D eigenvalue weighted by molar-refractivity contribution is 5.91. The van der Waals surface area contributed by atoms with Crippen molar-refractivity contribution < 1.29 is 14.6 Å². The van der Waals surface area contributed by atoms with E-state index in [0.717, 1.165) is 23.1 Å². The normalized spacial score (nSPS) is 10.4. The van der Waals surface area contributed by atoms with Crippen LogP contribution in [0.15, 0.2) is 54.6 Å². The zero-order chi connectivity index (χ0) is 17.9. The van der Waals surface area contributed by atoms with Crippen molar-refractivity contribution in [2.75, 3.05) is 13.2 Å². The Morgan fingerprint density at radius 2 is 1.80 bits per heavy atom. The molecule has 2 N–H and O–H groups in total. The zero-order valence-corrected chi connectivity index (χ0v) is 13.8. The number of rotatable bonds is 8. The maximum atomic E-state index is 11.8. The SMILES string of the molecule is N#CCOc1ccc(/C=C/C(=O)NCCc2ccc(CO)cc2)cc1. The van der Waals surface area contributed by atoms with Gasteiger partial charge in [0.15, 0.2) is 6.61 Å². The molecule has 2 rings (SSSR count). The summed E-state index contributed by atoms with van der Waals surface area (Å²) in [5.41, 5.74) is 2.85. The molecular formula is C20H20N2O3. The van der Waals surface area contributed by atoms with E-state index in [4.69, 9.17) is 15.1 Å². The molecule has 0 fully saturated rings. The van der Waals surface area contributed by atoms with E-state index in [1.54, 1.807) is 18.2 Å². The molecule has 0 radical (unpaired) electrons. The van der Waals surface area contributed by atoms with Gasteiger partial charge < -0.3 is 15.2 Å². The summed E-state index contributed by atoms with van der Waals surface area (Å²) in [4.78, 5) is 11.8. The van der Waals surface area contributed by atoms with Crippen molar-refractivity contribution in [2.24, 2.45) is 0 Å². The van der Waals surface area contributed by atoms with Crippen molar-refractivity contribution in [1.82, 2.24) is 5.32 Å². The summed E-state index contributed by atoms with van der Waals surface area (Å²) in [6, 6.07) is 16.7. The van der Waals surface area contributed by atoms with Gasteiger partial charge in [0.1, 0.15) is 11.8 Å². The van der Waals surface area contributed by atoms with Crippen molar-refractivity contribution in [2.45, 2.75) is 13.0 Å². The summed E-state index contributed by atoms with van der Waals surface area (Å²) in [7, 11) is 0. The summed E-state index contributed by atoms with van der Waals surface area (Å²) < 4.78 is 5.17. The third kappa shape index (κ3) is 6.50. The number of amides is 1. The van der Waals surface area contributed by atoms with Crippen LogP contribution in [0.25, 0.3) is 6.08 Å². The van der Waals surface area contributed by atoms with Crippen LogP contribution in [0, 0.1) is 11.3 Å². The van der Waals surface area contributed by atoms with Gasteiger partial charge in [0.05, 0.1) is 6.61 Å². The fraction of sp³-hybridized carbons (Fsp3) is 0.200. The number of hydrogen-bond acceptors (Lipinski definition) is 4. The maximum Gasteiger partial charge on any atom is 0.244 e. The first kappa shape index (κ1) is 18.2. The zero-order valence-electron chi connectivity index (χ0n) is 13.8. The van der Waals surface area contributed by atoms with Crippen LogP contribution in [0.4, 0.5) is 0 Å². The Kier molecular flexibility index (Phi) is 7.23. The molecule has 2 aromatic carbocycles. The lowest BCUT2D eigenvalue weighted by atomic mass is 10.1. The molecule has 128 valence electrons. The average molecular weight is 336 g/mol. The number of benzene rings is 2. The van der Waals surface area contributed by atoms with E-state index in [1.807, 2.05) is 42.5 Å². The maximum absolute atomic E-state index is 11.8. The third-order valence-electron chi connectivity index (χ3n) is 3.53. The minimum Gasteiger partial charge on any atom is -0.479 e. The summed E-state index contributed by atoms with van der Waals surface area (Å²) in [5.74, 6) is 0.465. The Hall–Kier alpha value is -3.10. The van der Waals surface area contributed by atoms with Gasteiger partial charge in [-0.1, -0.05) is 36.4 Å². The number of nitriles is 1. The molecule has 0 saturated carbocycles. The Balaban J connectivity index is 1.75. The van der Waals surface area contributed by atoms with E-state index in [-0.39, 0.29) is 19.1 Å². The average Bonchev–Trinajstić information content (AvgIpc) is 2.66. The topological polar surface area (TPSA) is 82.3 Å². The van der Waals surface area contributed by atoms with Crippen molar-refractivity contribution >= 4 is 12.0 Å². The van der Waals surface area contributed by atoms with Gasteiger partial charge in [-0.25, -0.2) is 0 Å². The minimum absolute atomic E-state index is 0.0142. The number of carbonyl (C=O) groups excluding carboxylic acids is 1. The summed E-state index contributed by atoms with van der Waals surface area (Å²) in [5, 5.41) is 20.3. The third-order valence-corrected chi connectivity index (χ3v) is 3.53. The van der Waals surface area contributed by atoms with Gasteiger partial charge in [-0.2, -0.15) is 5.26 Å². The smallest absolute Gasteiger partial charge is 0.244 e. The molecule has 5 heteroatoms. The summed E-state index contributed by atoms with van der Waals surface area (Å²) >= 11 is 0. The second-order valence-corrected chi connectivity index (χ2v) is 5.36. The largest absolute Gasteiger partial charge is 0.479 e. The molecule has 0 aliphatic carbocycles. The van der Waals surface area contributed by atoms with Crippen molar-refractivity contribution in [3.63, 3.8) is 0 Å². The molecule has 1 amide bonds. The highest BCUT2D eigenvalue weighted by Gasteiger charge is 1.98. The van der Waals surface area contributed by atoms with Crippen LogP contribution >= 0.6 is 0 Å². The number of nitrogens with one attached hydrogen (secondary N) is 1. The first-order valence-corrected chi connectivity index (χ1v) is 7.95. The van der Waals surface area contributed by atoms with Gasteiger partial charge in [-0.05, 0) is 41.3 Å². The van der Waals surface area contributed by atoms with Crippen LogP contribution < -0.4 is 10.1 Å². The van der Waals surface area contributed by atoms with E-state index < -0.39 is 0 Å². The number of carbonyl (C=O) groups is 1. The lowest BCUT2D eigenvalue weighted by Crippen LogP contribution is -2.23. The first-order chi connectivity index (χ1) is 12.2. The summed E-state index contributed by atoms with van der Waals surface area (Å²) in [6.07, 6.45) is 3.94. The molecule has 0 spiro atoms. The lowest BCUT2D eigenvalue weighted by molar-refractivity contribution is -0.116. The molecule has 25 heavy (non-hydrogen) atoms. The Morgan fingerprint density at radius 1 is 1.12 bits per heavy atom. The second kappa shape index (κ2) is 9.91. The van der Waals surface area contributed by atoms with Crippen LogP contribution in [-0.4, -0.2) is 24.2 Å². The predicted molar refractivity (Wildman–Crippen MR) is 95.7 cm³/mol. The number of aliphatic hydroxyl groups is 1. The van der Waals surface area contributed by atoms with E-state index in [1.165, 1.54) is 6.08 Å². The predicted octanol–water partition coefficient (Wildman–Crippen LogP) is 2.45. The molecule has 0 aliphatic rings. The molecule has 0 aliphatic heterocycles. The first-order valence-electron chi connectivity index (χ1n) is 7.95. The Morgan fingerprint density at radius 3 is 2.44 bits per heavy atom. The van der Waals surface area contributed by atoms with Gasteiger partial charge in [-0.3, -0.25) is 4.79 Å². The summed E-state index contributed by atoms with van der Waals surface area (Å²) in [6.45, 7) is 0.593. The second-order valence-electron chi connectivity index (χ2n) is 5.36. The van der Waals surface area contributed by atoms with Gasteiger partial charge >= 0.3 is 0 Å². The highest BCUT2D eigenvalue weighted by atomic mass is 16.5. The standard InChI is InChI=1S/C20H20N2O3/c21-12-14-25-19-8-5-16(6-9-19)7-10-20(24)22-13-11-17-1-3-18(15-23)4-2-17/h1-10,23H,11,13-15H2,(H,22,24)/b10-7+. The fourth-order valence-electron chi connectivity index (χ4n) is 2.16. The molecule has 0 saturated heterocycles. The minimum atomic E-state index is -0.156.